The highest BCUT2D eigenvalue weighted by Gasteiger charge is 2.19. The van der Waals surface area contributed by atoms with Gasteiger partial charge in [0.15, 0.2) is 6.10 Å². The molecule has 0 saturated carbocycles. The lowest BCUT2D eigenvalue weighted by Crippen LogP contribution is -2.30. The van der Waals surface area contributed by atoms with Crippen LogP contribution in [0, 0.1) is 0 Å². The van der Waals surface area contributed by atoms with Crippen molar-refractivity contribution in [3.8, 4) is 0 Å². The minimum Gasteiger partial charge on any atom is -0.462 e. The molecule has 0 aromatic heterocycles. The van der Waals surface area contributed by atoms with Crippen LogP contribution in [0.1, 0.15) is 252 Å². The summed E-state index contributed by atoms with van der Waals surface area (Å²) in [6, 6.07) is 0. The van der Waals surface area contributed by atoms with E-state index in [1.54, 1.807) is 0 Å². The minimum atomic E-state index is -0.799. The van der Waals surface area contributed by atoms with Crippen molar-refractivity contribution in [1.29, 1.82) is 0 Å². The first-order valence-corrected chi connectivity index (χ1v) is 27.8. The molecule has 0 aromatic rings. The molecule has 0 aromatic carbocycles. The largest absolute Gasteiger partial charge is 0.462 e. The van der Waals surface area contributed by atoms with Crippen LogP contribution >= 0.6 is 0 Å². The molecule has 6 heteroatoms. The Morgan fingerprint density at radius 2 is 0.627 bits per heavy atom. The second-order valence-electron chi connectivity index (χ2n) is 18.1. The molecule has 0 rings (SSSR count). The van der Waals surface area contributed by atoms with Crippen LogP contribution in [0.2, 0.25) is 0 Å². The zero-order valence-electron chi connectivity index (χ0n) is 43.6. The second-order valence-corrected chi connectivity index (χ2v) is 18.1. The van der Waals surface area contributed by atoms with Gasteiger partial charge in [-0.2, -0.15) is 0 Å². The predicted molar refractivity (Wildman–Crippen MR) is 288 cm³/mol. The third-order valence-corrected chi connectivity index (χ3v) is 11.6. The Labute approximate surface area is 413 Å². The Morgan fingerprint density at radius 1 is 0.328 bits per heavy atom. The average Bonchev–Trinajstić information content (AvgIpc) is 3.33. The molecule has 0 N–H and O–H groups in total. The van der Waals surface area contributed by atoms with Crippen LogP contribution < -0.4 is 0 Å². The van der Waals surface area contributed by atoms with E-state index in [0.29, 0.717) is 19.3 Å². The zero-order chi connectivity index (χ0) is 48.6. The van der Waals surface area contributed by atoms with Crippen LogP contribution in [0.5, 0.6) is 0 Å². The first-order valence-electron chi connectivity index (χ1n) is 27.8. The predicted octanol–water partition coefficient (Wildman–Crippen LogP) is 18.5. The molecule has 0 bridgehead atoms. The average molecular weight is 931 g/mol. The molecule has 382 valence electrons. The summed E-state index contributed by atoms with van der Waals surface area (Å²) in [7, 11) is 0. The quantitative estimate of drug-likeness (QED) is 0.0199. The number of unbranched alkanes of at least 4 members (excludes halogenated alkanes) is 23. The molecule has 0 amide bonds. The van der Waals surface area contributed by atoms with Crippen molar-refractivity contribution in [2.45, 2.75) is 258 Å². The number of ether oxygens (including phenoxy) is 3. The van der Waals surface area contributed by atoms with Crippen molar-refractivity contribution in [3.05, 3.63) is 97.2 Å². The van der Waals surface area contributed by atoms with Crippen molar-refractivity contribution < 1.29 is 28.6 Å². The first kappa shape index (κ1) is 63.3. The molecule has 0 fully saturated rings. The highest BCUT2D eigenvalue weighted by atomic mass is 16.6. The second kappa shape index (κ2) is 54.9. The monoisotopic (exact) mass is 931 g/mol. The van der Waals surface area contributed by atoms with Gasteiger partial charge in [0.05, 0.1) is 0 Å². The van der Waals surface area contributed by atoms with Crippen molar-refractivity contribution in [2.24, 2.45) is 0 Å². The molecule has 0 spiro atoms. The van der Waals surface area contributed by atoms with Gasteiger partial charge in [-0.05, 0) is 109 Å². The number of allylic oxidation sites excluding steroid dienone is 16. The van der Waals surface area contributed by atoms with Crippen LogP contribution in [0.3, 0.4) is 0 Å². The van der Waals surface area contributed by atoms with Gasteiger partial charge in [0, 0.05) is 19.3 Å². The maximum Gasteiger partial charge on any atom is 0.306 e. The molecule has 67 heavy (non-hydrogen) atoms. The van der Waals surface area contributed by atoms with Crippen LogP contribution in [0.4, 0.5) is 0 Å². The summed E-state index contributed by atoms with van der Waals surface area (Å²) in [6.45, 7) is 6.38. The van der Waals surface area contributed by atoms with Gasteiger partial charge in [-0.3, -0.25) is 14.4 Å². The van der Waals surface area contributed by atoms with Crippen LogP contribution in [0.15, 0.2) is 97.2 Å². The van der Waals surface area contributed by atoms with Crippen molar-refractivity contribution in [2.75, 3.05) is 13.2 Å². The normalized spacial score (nSPS) is 12.8. The van der Waals surface area contributed by atoms with Gasteiger partial charge in [-0.1, -0.05) is 221 Å². The Hall–Kier alpha value is -3.67. The SMILES string of the molecule is CC/C=C\C/C=C\C/C=C\C/C=C\CCCCCCCCC(=O)OCC(COC(=O)CCCCCCC/C=C\C/C=C\CC)OC(=O)CCCCCCC/C=C\C=C/CCCCCCCCC. The summed E-state index contributed by atoms with van der Waals surface area (Å²) in [4.78, 5) is 38.1. The number of hydrogen-bond donors (Lipinski definition) is 0. The highest BCUT2D eigenvalue weighted by Crippen LogP contribution is 2.14. The summed E-state index contributed by atoms with van der Waals surface area (Å²) < 4.78 is 16.8. The smallest absolute Gasteiger partial charge is 0.306 e. The number of rotatable bonds is 49. The van der Waals surface area contributed by atoms with Crippen LogP contribution in [0.25, 0.3) is 0 Å². The summed E-state index contributed by atoms with van der Waals surface area (Å²) in [5.41, 5.74) is 0. The van der Waals surface area contributed by atoms with Gasteiger partial charge in [-0.25, -0.2) is 0 Å². The van der Waals surface area contributed by atoms with E-state index in [4.69, 9.17) is 14.2 Å². The van der Waals surface area contributed by atoms with E-state index in [1.165, 1.54) is 64.2 Å². The number of hydrogen-bond acceptors (Lipinski definition) is 6. The summed E-state index contributed by atoms with van der Waals surface area (Å²) >= 11 is 0. The Balaban J connectivity index is 4.44. The van der Waals surface area contributed by atoms with E-state index in [1.807, 2.05) is 0 Å². The van der Waals surface area contributed by atoms with Gasteiger partial charge in [0.2, 0.25) is 0 Å². The first-order chi connectivity index (χ1) is 33.0. The molecular formula is C61H102O6. The molecule has 0 aliphatic rings. The van der Waals surface area contributed by atoms with E-state index < -0.39 is 6.10 Å². The van der Waals surface area contributed by atoms with Gasteiger partial charge < -0.3 is 14.2 Å². The molecule has 0 radical (unpaired) electrons. The fraction of sp³-hybridized carbons (Fsp3) is 0.689. The highest BCUT2D eigenvalue weighted by molar-refractivity contribution is 5.71. The number of carbonyl (C=O) groups excluding carboxylic acids is 3. The molecule has 0 aliphatic heterocycles. The van der Waals surface area contributed by atoms with Crippen molar-refractivity contribution in [3.63, 3.8) is 0 Å². The van der Waals surface area contributed by atoms with Gasteiger partial charge >= 0.3 is 17.9 Å². The molecule has 0 aliphatic carbocycles. The standard InChI is InChI=1S/C61H102O6/c1-4-7-10-13-16-19-22-25-27-29-31-33-34-36-39-42-45-48-51-54-60(63)66-57-58(56-65-59(62)53-50-47-44-41-38-24-21-18-15-12-9-6-3)67-61(64)55-52-49-46-43-40-37-35-32-30-28-26-23-20-17-14-11-8-5-2/h7,9-10,12,16,18-19,21,25,27-28,30-33,35,58H,4-6,8,11,13-15,17,20,22-24,26,29,34,36-57H2,1-3H3/b10-7-,12-9-,19-16-,21-18-,27-25-,30-28-,33-31-,35-32-. The third kappa shape index (κ3) is 53.2. The van der Waals surface area contributed by atoms with E-state index >= 15 is 0 Å². The van der Waals surface area contributed by atoms with Crippen molar-refractivity contribution in [1.82, 2.24) is 0 Å². The van der Waals surface area contributed by atoms with E-state index in [0.717, 1.165) is 148 Å². The van der Waals surface area contributed by atoms with E-state index in [-0.39, 0.29) is 31.1 Å². The Morgan fingerprint density at radius 3 is 1.00 bits per heavy atom. The maximum atomic E-state index is 12.8. The fourth-order valence-corrected chi connectivity index (χ4v) is 7.46. The minimum absolute atomic E-state index is 0.0968. The molecular weight excluding hydrogens is 829 g/mol. The van der Waals surface area contributed by atoms with E-state index in [2.05, 4.69) is 118 Å². The zero-order valence-corrected chi connectivity index (χ0v) is 43.6. The van der Waals surface area contributed by atoms with Crippen LogP contribution in [-0.4, -0.2) is 37.2 Å². The number of carbonyl (C=O) groups is 3. The lowest BCUT2D eigenvalue weighted by Gasteiger charge is -2.18. The molecule has 1 unspecified atom stereocenters. The topological polar surface area (TPSA) is 78.9 Å². The molecule has 0 saturated heterocycles. The van der Waals surface area contributed by atoms with Gasteiger partial charge in [0.25, 0.3) is 0 Å². The van der Waals surface area contributed by atoms with Crippen LogP contribution in [-0.2, 0) is 28.6 Å². The Kier molecular flexibility index (Phi) is 51.9. The Bertz CT molecular complexity index is 1350. The van der Waals surface area contributed by atoms with E-state index in [9.17, 15) is 14.4 Å². The lowest BCUT2D eigenvalue weighted by atomic mass is 10.1. The maximum absolute atomic E-state index is 12.8. The van der Waals surface area contributed by atoms with Crippen molar-refractivity contribution >= 4 is 17.9 Å². The fourth-order valence-electron chi connectivity index (χ4n) is 7.46. The third-order valence-electron chi connectivity index (χ3n) is 11.6. The molecule has 0 heterocycles. The summed E-state index contributed by atoms with van der Waals surface area (Å²) in [5.74, 6) is -0.939. The molecule has 6 nitrogen and oxygen atoms in total. The lowest BCUT2D eigenvalue weighted by molar-refractivity contribution is -0.167. The van der Waals surface area contributed by atoms with Gasteiger partial charge in [0.1, 0.15) is 13.2 Å². The number of esters is 3. The molecule has 1 atom stereocenters. The summed E-state index contributed by atoms with van der Waals surface area (Å²) in [5, 5.41) is 0. The van der Waals surface area contributed by atoms with Gasteiger partial charge in [-0.15, -0.1) is 0 Å². The summed E-state index contributed by atoms with van der Waals surface area (Å²) in [6.07, 6.45) is 72.5.